The third-order valence-corrected chi connectivity index (χ3v) is 3.87. The summed E-state index contributed by atoms with van der Waals surface area (Å²) < 4.78 is 13.1. The van der Waals surface area contributed by atoms with Gasteiger partial charge in [-0.3, -0.25) is 4.79 Å². The zero-order valence-corrected chi connectivity index (χ0v) is 11.5. The molecule has 1 heterocycles. The van der Waals surface area contributed by atoms with E-state index >= 15 is 0 Å². The van der Waals surface area contributed by atoms with Crippen molar-refractivity contribution >= 4 is 5.91 Å². The molecule has 0 aliphatic carbocycles. The number of likely N-dealkylation sites (tertiary alicyclic amines) is 1. The number of amides is 1. The Kier molecular flexibility index (Phi) is 4.53. The van der Waals surface area contributed by atoms with Crippen LogP contribution in [0.1, 0.15) is 18.9 Å². The van der Waals surface area contributed by atoms with Gasteiger partial charge in [-0.1, -0.05) is 19.1 Å². The minimum atomic E-state index is -0.285. The lowest BCUT2D eigenvalue weighted by Gasteiger charge is -2.36. The third-order valence-electron chi connectivity index (χ3n) is 3.87. The van der Waals surface area contributed by atoms with Gasteiger partial charge in [0.15, 0.2) is 0 Å². The van der Waals surface area contributed by atoms with Gasteiger partial charge in [0.2, 0.25) is 5.91 Å². The lowest BCUT2D eigenvalue weighted by molar-refractivity contribution is -0.132. The van der Waals surface area contributed by atoms with Crippen LogP contribution in [0.3, 0.4) is 0 Å². The van der Waals surface area contributed by atoms with Crippen molar-refractivity contribution in [2.24, 2.45) is 5.92 Å². The van der Waals surface area contributed by atoms with Gasteiger partial charge >= 0.3 is 0 Å². The number of halogens is 1. The van der Waals surface area contributed by atoms with Crippen LogP contribution in [-0.2, 0) is 11.2 Å². The molecule has 1 aromatic carbocycles. The molecule has 1 amide bonds. The number of nitrogens with one attached hydrogen (secondary N) is 1. The van der Waals surface area contributed by atoms with Gasteiger partial charge in [-0.25, -0.2) is 4.39 Å². The summed E-state index contributed by atoms with van der Waals surface area (Å²) in [6.07, 6.45) is 1.27. The molecule has 0 bridgehead atoms. The number of hydrogen-bond acceptors (Lipinski definition) is 2. The van der Waals surface area contributed by atoms with Crippen molar-refractivity contribution in [2.45, 2.75) is 25.8 Å². The van der Waals surface area contributed by atoms with Crippen molar-refractivity contribution in [1.29, 1.82) is 0 Å². The van der Waals surface area contributed by atoms with Crippen molar-refractivity contribution in [2.75, 3.05) is 20.1 Å². The Labute approximate surface area is 113 Å². The average molecular weight is 264 g/mol. The predicted molar refractivity (Wildman–Crippen MR) is 73.3 cm³/mol. The summed E-state index contributed by atoms with van der Waals surface area (Å²) in [6.45, 7) is 3.71. The number of carbonyl (C=O) groups excluding carboxylic acids is 1. The normalized spacial score (nSPS) is 23.4. The molecule has 3 nitrogen and oxygen atoms in total. The van der Waals surface area contributed by atoms with Gasteiger partial charge in [-0.05, 0) is 37.1 Å². The van der Waals surface area contributed by atoms with Crippen LogP contribution in [0.15, 0.2) is 24.3 Å². The summed E-state index contributed by atoms with van der Waals surface area (Å²) in [5.41, 5.74) is 0.744. The van der Waals surface area contributed by atoms with Crippen LogP contribution in [0.2, 0.25) is 0 Å². The molecule has 1 aliphatic rings. The molecule has 0 saturated carbocycles. The minimum absolute atomic E-state index is 0.0898. The number of carbonyl (C=O) groups is 1. The van der Waals surface area contributed by atoms with Gasteiger partial charge in [0.1, 0.15) is 5.82 Å². The van der Waals surface area contributed by atoms with E-state index < -0.39 is 0 Å². The topological polar surface area (TPSA) is 32.3 Å². The Morgan fingerprint density at radius 2 is 2.32 bits per heavy atom. The molecule has 2 atom stereocenters. The van der Waals surface area contributed by atoms with E-state index in [1.165, 1.54) is 12.1 Å². The molecule has 1 aliphatic heterocycles. The Morgan fingerprint density at radius 1 is 1.53 bits per heavy atom. The van der Waals surface area contributed by atoms with Crippen LogP contribution in [0.25, 0.3) is 0 Å². The van der Waals surface area contributed by atoms with Gasteiger partial charge in [0.25, 0.3) is 0 Å². The molecule has 19 heavy (non-hydrogen) atoms. The van der Waals surface area contributed by atoms with Gasteiger partial charge in [0.05, 0.1) is 6.42 Å². The lowest BCUT2D eigenvalue weighted by Crippen LogP contribution is -2.49. The SMILES string of the molecule is CNC1CCN(C(=O)Cc2cccc(F)c2)CC1C. The zero-order valence-electron chi connectivity index (χ0n) is 11.5. The summed E-state index contributed by atoms with van der Waals surface area (Å²) in [4.78, 5) is 14.1. The van der Waals surface area contributed by atoms with E-state index in [2.05, 4.69) is 12.2 Å². The highest BCUT2D eigenvalue weighted by atomic mass is 19.1. The quantitative estimate of drug-likeness (QED) is 0.903. The van der Waals surface area contributed by atoms with Gasteiger partial charge < -0.3 is 10.2 Å². The van der Waals surface area contributed by atoms with Crippen LogP contribution in [0.5, 0.6) is 0 Å². The maximum Gasteiger partial charge on any atom is 0.227 e. The van der Waals surface area contributed by atoms with Crippen LogP contribution >= 0.6 is 0 Å². The van der Waals surface area contributed by atoms with E-state index in [-0.39, 0.29) is 18.1 Å². The molecule has 2 rings (SSSR count). The second kappa shape index (κ2) is 6.15. The van der Waals surface area contributed by atoms with Crippen molar-refractivity contribution < 1.29 is 9.18 Å². The maximum atomic E-state index is 13.1. The molecule has 4 heteroatoms. The molecule has 0 spiro atoms. The number of nitrogens with zero attached hydrogens (tertiary/aromatic N) is 1. The summed E-state index contributed by atoms with van der Waals surface area (Å²) in [5.74, 6) is 0.259. The second-order valence-corrected chi connectivity index (χ2v) is 5.31. The third kappa shape index (κ3) is 3.53. The number of rotatable bonds is 3. The molecule has 1 N–H and O–H groups in total. The van der Waals surface area contributed by atoms with Crippen molar-refractivity contribution in [1.82, 2.24) is 10.2 Å². The first-order valence-corrected chi connectivity index (χ1v) is 6.79. The van der Waals surface area contributed by atoms with Crippen molar-refractivity contribution in [3.63, 3.8) is 0 Å². The Morgan fingerprint density at radius 3 is 2.95 bits per heavy atom. The fourth-order valence-corrected chi connectivity index (χ4v) is 2.73. The van der Waals surface area contributed by atoms with Gasteiger partial charge in [0, 0.05) is 19.1 Å². The molecule has 1 saturated heterocycles. The summed E-state index contributed by atoms with van der Waals surface area (Å²) in [5, 5.41) is 3.28. The largest absolute Gasteiger partial charge is 0.342 e. The van der Waals surface area contributed by atoms with E-state index in [4.69, 9.17) is 0 Å². The summed E-state index contributed by atoms with van der Waals surface area (Å²) in [7, 11) is 1.96. The first-order valence-electron chi connectivity index (χ1n) is 6.79. The predicted octanol–water partition coefficient (Wildman–Crippen LogP) is 1.82. The van der Waals surface area contributed by atoms with E-state index in [0.29, 0.717) is 12.0 Å². The fourth-order valence-electron chi connectivity index (χ4n) is 2.73. The Hall–Kier alpha value is -1.42. The van der Waals surface area contributed by atoms with Gasteiger partial charge in [-0.2, -0.15) is 0 Å². The molecule has 2 unspecified atom stereocenters. The highest BCUT2D eigenvalue weighted by molar-refractivity contribution is 5.78. The molecule has 104 valence electrons. The molecule has 1 fully saturated rings. The second-order valence-electron chi connectivity index (χ2n) is 5.31. The van der Waals surface area contributed by atoms with Crippen LogP contribution in [0, 0.1) is 11.7 Å². The number of benzene rings is 1. The van der Waals surface area contributed by atoms with Crippen LogP contribution in [-0.4, -0.2) is 37.0 Å². The first-order chi connectivity index (χ1) is 9.10. The van der Waals surface area contributed by atoms with Crippen LogP contribution in [0.4, 0.5) is 4.39 Å². The minimum Gasteiger partial charge on any atom is -0.342 e. The number of piperidine rings is 1. The molecular formula is C15H21FN2O. The summed E-state index contributed by atoms with van der Waals surface area (Å²) in [6, 6.07) is 6.76. The van der Waals surface area contributed by atoms with E-state index in [9.17, 15) is 9.18 Å². The first kappa shape index (κ1) is 14.0. The zero-order chi connectivity index (χ0) is 13.8. The molecule has 1 aromatic rings. The van der Waals surface area contributed by atoms with E-state index in [1.54, 1.807) is 12.1 Å². The molecule has 0 aromatic heterocycles. The highest BCUT2D eigenvalue weighted by Gasteiger charge is 2.27. The van der Waals surface area contributed by atoms with Crippen molar-refractivity contribution in [3.05, 3.63) is 35.6 Å². The highest BCUT2D eigenvalue weighted by Crippen LogP contribution is 2.17. The Bertz CT molecular complexity index is 450. The summed E-state index contributed by atoms with van der Waals surface area (Å²) >= 11 is 0. The van der Waals surface area contributed by atoms with Crippen molar-refractivity contribution in [3.8, 4) is 0 Å². The van der Waals surface area contributed by atoms with E-state index in [0.717, 1.165) is 25.1 Å². The standard InChI is InChI=1S/C15H21FN2O/c1-11-10-18(7-6-14(11)17-2)15(19)9-12-4-3-5-13(16)8-12/h3-5,8,11,14,17H,6-7,9-10H2,1-2H3. The monoisotopic (exact) mass is 264 g/mol. The Balaban J connectivity index is 1.94. The van der Waals surface area contributed by atoms with Crippen LogP contribution < -0.4 is 5.32 Å². The fraction of sp³-hybridized carbons (Fsp3) is 0.533. The van der Waals surface area contributed by atoms with E-state index in [1.807, 2.05) is 11.9 Å². The number of hydrogen-bond donors (Lipinski definition) is 1. The lowest BCUT2D eigenvalue weighted by atomic mass is 9.93. The maximum absolute atomic E-state index is 13.1. The smallest absolute Gasteiger partial charge is 0.227 e. The molecule has 0 radical (unpaired) electrons. The van der Waals surface area contributed by atoms with Gasteiger partial charge in [-0.15, -0.1) is 0 Å². The molecular weight excluding hydrogens is 243 g/mol. The average Bonchev–Trinajstić information content (AvgIpc) is 2.38.